The molecule has 0 fully saturated rings. The lowest BCUT2D eigenvalue weighted by molar-refractivity contribution is -0.0689. The molecule has 0 radical (unpaired) electrons. The van der Waals surface area contributed by atoms with E-state index in [2.05, 4.69) is 0 Å². The number of allylic oxidation sites excluding steroid dienone is 2. The van der Waals surface area contributed by atoms with Crippen LogP contribution in [-0.4, -0.2) is 12.0 Å². The quantitative estimate of drug-likeness (QED) is 0.448. The van der Waals surface area contributed by atoms with Gasteiger partial charge in [-0.05, 0) is 28.5 Å². The third kappa shape index (κ3) is 3.38. The van der Waals surface area contributed by atoms with Crippen LogP contribution in [0.25, 0.3) is 16.3 Å². The van der Waals surface area contributed by atoms with Gasteiger partial charge in [-0.3, -0.25) is 4.79 Å². The Morgan fingerprint density at radius 1 is 0.750 bits per heavy atom. The van der Waals surface area contributed by atoms with Crippen LogP contribution in [0, 0.1) is 0 Å². The van der Waals surface area contributed by atoms with Gasteiger partial charge in [0.2, 0.25) is 0 Å². The Kier molecular flexibility index (Phi) is 4.21. The van der Waals surface area contributed by atoms with Gasteiger partial charge in [-0.15, -0.1) is 0 Å². The molecule has 3 aromatic rings. The van der Waals surface area contributed by atoms with E-state index in [0.29, 0.717) is 6.08 Å². The highest BCUT2D eigenvalue weighted by Crippen LogP contribution is 2.34. The van der Waals surface area contributed by atoms with Gasteiger partial charge in [0.1, 0.15) is 0 Å². The van der Waals surface area contributed by atoms with Gasteiger partial charge >= 0.3 is 6.18 Å². The van der Waals surface area contributed by atoms with Gasteiger partial charge in [0, 0.05) is 5.56 Å². The summed E-state index contributed by atoms with van der Waals surface area (Å²) in [4.78, 5) is 12.3. The number of fused-ring (bicyclic) bond motifs is 1. The zero-order chi connectivity index (χ0) is 17.2. The van der Waals surface area contributed by atoms with E-state index in [1.807, 2.05) is 24.3 Å². The van der Waals surface area contributed by atoms with Crippen molar-refractivity contribution in [3.63, 3.8) is 0 Å². The minimum Gasteiger partial charge on any atom is -0.289 e. The number of alkyl halides is 3. The number of carbonyl (C=O) groups excluding carboxylic acids is 1. The van der Waals surface area contributed by atoms with Crippen LogP contribution in [0.3, 0.4) is 0 Å². The van der Waals surface area contributed by atoms with Crippen LogP contribution in [-0.2, 0) is 0 Å². The monoisotopic (exact) mass is 326 g/mol. The average Bonchev–Trinajstić information content (AvgIpc) is 2.58. The summed E-state index contributed by atoms with van der Waals surface area (Å²) in [7, 11) is 0. The Morgan fingerprint density at radius 3 is 2.04 bits per heavy atom. The van der Waals surface area contributed by atoms with E-state index in [9.17, 15) is 18.0 Å². The van der Waals surface area contributed by atoms with Gasteiger partial charge in [-0.25, -0.2) is 0 Å². The summed E-state index contributed by atoms with van der Waals surface area (Å²) in [5.74, 6) is -0.670. The first-order chi connectivity index (χ1) is 11.4. The van der Waals surface area contributed by atoms with Gasteiger partial charge in [0.15, 0.2) is 5.78 Å². The number of rotatable bonds is 3. The van der Waals surface area contributed by atoms with E-state index in [0.717, 1.165) is 10.8 Å². The van der Waals surface area contributed by atoms with Gasteiger partial charge < -0.3 is 0 Å². The van der Waals surface area contributed by atoms with Crippen LogP contribution in [0.1, 0.15) is 15.9 Å². The Bertz CT molecular complexity index is 909. The molecule has 0 aliphatic rings. The Balaban J connectivity index is 2.04. The number of hydrogen-bond donors (Lipinski definition) is 0. The molecule has 3 rings (SSSR count). The van der Waals surface area contributed by atoms with Crippen LogP contribution in [0.4, 0.5) is 13.2 Å². The molecule has 24 heavy (non-hydrogen) atoms. The summed E-state index contributed by atoms with van der Waals surface area (Å²) >= 11 is 0. The Hall–Kier alpha value is -2.88. The molecule has 0 atom stereocenters. The topological polar surface area (TPSA) is 17.1 Å². The minimum atomic E-state index is -4.60. The molecule has 0 saturated carbocycles. The highest BCUT2D eigenvalue weighted by molar-refractivity contribution is 6.10. The zero-order valence-electron chi connectivity index (χ0n) is 12.5. The zero-order valence-corrected chi connectivity index (χ0v) is 12.5. The van der Waals surface area contributed by atoms with E-state index in [4.69, 9.17) is 0 Å². The average molecular weight is 326 g/mol. The maximum atomic E-state index is 13.3. The van der Waals surface area contributed by atoms with Crippen molar-refractivity contribution in [3.05, 3.63) is 90.0 Å². The molecular weight excluding hydrogens is 313 g/mol. The van der Waals surface area contributed by atoms with Crippen LogP contribution in [0.15, 0.2) is 78.9 Å². The van der Waals surface area contributed by atoms with Gasteiger partial charge in [-0.1, -0.05) is 66.7 Å². The van der Waals surface area contributed by atoms with E-state index >= 15 is 0 Å². The smallest absolute Gasteiger partial charge is 0.289 e. The van der Waals surface area contributed by atoms with E-state index in [1.165, 1.54) is 24.3 Å². The second kappa shape index (κ2) is 6.32. The number of hydrogen-bond acceptors (Lipinski definition) is 1. The number of carbonyl (C=O) groups is 1. The van der Waals surface area contributed by atoms with Gasteiger partial charge in [0.25, 0.3) is 0 Å². The highest BCUT2D eigenvalue weighted by Gasteiger charge is 2.35. The molecule has 0 bridgehead atoms. The van der Waals surface area contributed by atoms with Gasteiger partial charge in [-0.2, -0.15) is 13.2 Å². The third-order valence-electron chi connectivity index (χ3n) is 3.70. The summed E-state index contributed by atoms with van der Waals surface area (Å²) in [5, 5.41) is 1.74. The fraction of sp³-hybridized carbons (Fsp3) is 0.0500. The molecule has 0 aliphatic heterocycles. The van der Waals surface area contributed by atoms with Crippen LogP contribution in [0.5, 0.6) is 0 Å². The molecule has 120 valence electrons. The minimum absolute atomic E-state index is 0.0286. The second-order valence-electron chi connectivity index (χ2n) is 5.35. The van der Waals surface area contributed by atoms with E-state index in [-0.39, 0.29) is 11.1 Å². The number of benzene rings is 3. The molecule has 4 heteroatoms. The first-order valence-electron chi connectivity index (χ1n) is 7.32. The van der Waals surface area contributed by atoms with Crippen molar-refractivity contribution in [2.75, 3.05) is 0 Å². The number of ketones is 1. The lowest BCUT2D eigenvalue weighted by Gasteiger charge is -2.12. The first-order valence-corrected chi connectivity index (χ1v) is 7.32. The lowest BCUT2D eigenvalue weighted by Crippen LogP contribution is -2.12. The molecule has 0 aliphatic carbocycles. The Labute approximate surface area is 137 Å². The second-order valence-corrected chi connectivity index (χ2v) is 5.35. The molecule has 0 spiro atoms. The van der Waals surface area contributed by atoms with Gasteiger partial charge in [0.05, 0.1) is 5.57 Å². The third-order valence-corrected chi connectivity index (χ3v) is 3.70. The summed E-state index contributed by atoms with van der Waals surface area (Å²) in [6, 6.07) is 19.6. The maximum absolute atomic E-state index is 13.3. The maximum Gasteiger partial charge on any atom is 0.417 e. The molecule has 3 aromatic carbocycles. The van der Waals surface area contributed by atoms with Crippen molar-refractivity contribution in [1.82, 2.24) is 0 Å². The lowest BCUT2D eigenvalue weighted by atomic mass is 10.00. The molecule has 0 saturated heterocycles. The molecule has 1 nitrogen and oxygen atoms in total. The van der Waals surface area contributed by atoms with Crippen molar-refractivity contribution in [1.29, 1.82) is 0 Å². The van der Waals surface area contributed by atoms with Crippen molar-refractivity contribution in [3.8, 4) is 0 Å². The van der Waals surface area contributed by atoms with Crippen molar-refractivity contribution >= 4 is 22.1 Å². The molecule has 0 N–H and O–H groups in total. The summed E-state index contributed by atoms with van der Waals surface area (Å²) in [6.45, 7) is 0. The van der Waals surface area contributed by atoms with Crippen LogP contribution in [0.2, 0.25) is 0 Å². The standard InChI is InChI=1S/C20H13F3O/c21-20(22,23)18(15-7-2-1-3-8-15)13-19(24)17-11-10-14-6-4-5-9-16(14)12-17/h1-13H/b18-13+. The van der Waals surface area contributed by atoms with E-state index in [1.54, 1.807) is 24.3 Å². The first kappa shape index (κ1) is 16.0. The largest absolute Gasteiger partial charge is 0.417 e. The predicted molar refractivity (Wildman–Crippen MR) is 88.8 cm³/mol. The normalized spacial score (nSPS) is 12.4. The molecule has 0 unspecified atom stereocenters. The van der Waals surface area contributed by atoms with Crippen LogP contribution < -0.4 is 0 Å². The summed E-state index contributed by atoms with van der Waals surface area (Å²) in [6.07, 6.45) is -3.94. The van der Waals surface area contributed by atoms with E-state index < -0.39 is 17.5 Å². The summed E-state index contributed by atoms with van der Waals surface area (Å²) < 4.78 is 39.9. The highest BCUT2D eigenvalue weighted by atomic mass is 19.4. The fourth-order valence-corrected chi connectivity index (χ4v) is 2.50. The molecule has 0 amide bonds. The van der Waals surface area contributed by atoms with Crippen molar-refractivity contribution in [2.24, 2.45) is 0 Å². The molecular formula is C20H13F3O. The SMILES string of the molecule is O=C(/C=C(\c1ccccc1)C(F)(F)F)c1ccc2ccccc2c1. The van der Waals surface area contributed by atoms with Crippen molar-refractivity contribution in [2.45, 2.75) is 6.18 Å². The Morgan fingerprint density at radius 2 is 1.38 bits per heavy atom. The van der Waals surface area contributed by atoms with Crippen molar-refractivity contribution < 1.29 is 18.0 Å². The van der Waals surface area contributed by atoms with Crippen LogP contribution >= 0.6 is 0 Å². The fourth-order valence-electron chi connectivity index (χ4n) is 2.50. The predicted octanol–water partition coefficient (Wildman–Crippen LogP) is 5.67. The molecule has 0 aromatic heterocycles. The molecule has 0 heterocycles. The number of halogens is 3. The summed E-state index contributed by atoms with van der Waals surface area (Å²) in [5.41, 5.74) is -0.744.